The van der Waals surface area contributed by atoms with Crippen molar-refractivity contribution in [3.05, 3.63) is 94.5 Å². The van der Waals surface area contributed by atoms with Crippen LogP contribution in [0.3, 0.4) is 0 Å². The number of benzene rings is 3. The molecule has 1 unspecified atom stereocenters. The maximum absolute atomic E-state index is 13.0. The van der Waals surface area contributed by atoms with E-state index in [9.17, 15) is 23.1 Å². The fourth-order valence-corrected chi connectivity index (χ4v) is 4.66. The molecule has 1 saturated heterocycles. The van der Waals surface area contributed by atoms with Crippen LogP contribution in [-0.4, -0.2) is 48.3 Å². The number of aliphatic hydroxyl groups excluding tert-OH is 1. The molecule has 0 radical (unpaired) electrons. The van der Waals surface area contributed by atoms with Crippen LogP contribution in [0.1, 0.15) is 40.2 Å². The minimum absolute atomic E-state index is 0.00955. The molecular weight excluding hydrogens is 505 g/mol. The molecule has 0 aliphatic carbocycles. The summed E-state index contributed by atoms with van der Waals surface area (Å²) in [6, 6.07) is 19.2. The van der Waals surface area contributed by atoms with E-state index in [2.05, 4.69) is 22.3 Å². The molecule has 2 N–H and O–H groups in total. The van der Waals surface area contributed by atoms with Gasteiger partial charge in [0.15, 0.2) is 0 Å². The van der Waals surface area contributed by atoms with Crippen LogP contribution in [0.4, 0.5) is 18.9 Å². The zero-order valence-electron chi connectivity index (χ0n) is 20.0. The molecule has 1 heterocycles. The Labute approximate surface area is 218 Å². The van der Waals surface area contributed by atoms with Crippen molar-refractivity contribution in [1.82, 2.24) is 4.90 Å². The zero-order valence-corrected chi connectivity index (χ0v) is 20.8. The van der Waals surface area contributed by atoms with Gasteiger partial charge in [-0.15, -0.1) is 0 Å². The van der Waals surface area contributed by atoms with E-state index in [1.54, 1.807) is 6.07 Å². The highest BCUT2D eigenvalue weighted by atomic mass is 35.5. The smallest absolute Gasteiger partial charge is 0.416 e. The lowest BCUT2D eigenvalue weighted by Crippen LogP contribution is -2.40. The Hall–Kier alpha value is -3.07. The number of piperidine rings is 1. The van der Waals surface area contributed by atoms with E-state index in [4.69, 9.17) is 16.3 Å². The molecular formula is C28H28ClF3N2O3. The summed E-state index contributed by atoms with van der Waals surface area (Å²) in [5.74, 6) is 0.0165. The van der Waals surface area contributed by atoms with Crippen molar-refractivity contribution in [3.8, 4) is 5.75 Å². The van der Waals surface area contributed by atoms with Gasteiger partial charge in [-0.25, -0.2) is 0 Å². The van der Waals surface area contributed by atoms with Gasteiger partial charge in [0.1, 0.15) is 18.5 Å². The highest BCUT2D eigenvalue weighted by Gasteiger charge is 2.30. The fourth-order valence-electron chi connectivity index (χ4n) is 4.49. The minimum atomic E-state index is -4.53. The van der Waals surface area contributed by atoms with Gasteiger partial charge in [-0.2, -0.15) is 13.2 Å². The molecule has 1 aliphatic heterocycles. The van der Waals surface area contributed by atoms with Gasteiger partial charge < -0.3 is 20.1 Å². The van der Waals surface area contributed by atoms with Crippen molar-refractivity contribution in [3.63, 3.8) is 0 Å². The number of rotatable bonds is 8. The summed E-state index contributed by atoms with van der Waals surface area (Å²) < 4.78 is 44.8. The van der Waals surface area contributed by atoms with Gasteiger partial charge in [-0.3, -0.25) is 4.79 Å². The largest absolute Gasteiger partial charge is 0.490 e. The lowest BCUT2D eigenvalue weighted by Gasteiger charge is -2.33. The number of likely N-dealkylation sites (tertiary alicyclic amines) is 1. The van der Waals surface area contributed by atoms with Crippen LogP contribution in [0.25, 0.3) is 0 Å². The van der Waals surface area contributed by atoms with Crippen LogP contribution >= 0.6 is 11.6 Å². The summed E-state index contributed by atoms with van der Waals surface area (Å²) in [5.41, 5.74) is 0.513. The summed E-state index contributed by atoms with van der Waals surface area (Å²) in [7, 11) is 0. The molecule has 1 atom stereocenters. The van der Waals surface area contributed by atoms with Crippen molar-refractivity contribution in [2.45, 2.75) is 31.0 Å². The fraction of sp³-hybridized carbons (Fsp3) is 0.321. The second-order valence-electron chi connectivity index (χ2n) is 9.12. The average Bonchev–Trinajstić information content (AvgIpc) is 2.88. The lowest BCUT2D eigenvalue weighted by molar-refractivity contribution is -0.137. The average molecular weight is 533 g/mol. The van der Waals surface area contributed by atoms with Gasteiger partial charge in [-0.1, -0.05) is 48.0 Å². The van der Waals surface area contributed by atoms with E-state index in [0.717, 1.165) is 38.1 Å². The molecule has 0 bridgehead atoms. The Bertz CT molecular complexity index is 1200. The highest BCUT2D eigenvalue weighted by molar-refractivity contribution is 6.31. The molecule has 4 rings (SSSR count). The summed E-state index contributed by atoms with van der Waals surface area (Å²) in [6.45, 7) is 2.11. The molecule has 0 aromatic heterocycles. The molecule has 1 aliphatic rings. The summed E-state index contributed by atoms with van der Waals surface area (Å²) in [4.78, 5) is 15.0. The molecule has 3 aromatic rings. The Morgan fingerprint density at radius 3 is 2.49 bits per heavy atom. The second-order valence-corrected chi connectivity index (χ2v) is 9.56. The number of amides is 1. The van der Waals surface area contributed by atoms with Crippen molar-refractivity contribution in [1.29, 1.82) is 0 Å². The van der Waals surface area contributed by atoms with Crippen LogP contribution in [0.15, 0.2) is 72.8 Å². The first kappa shape index (κ1) is 27.0. The molecule has 1 fully saturated rings. The van der Waals surface area contributed by atoms with E-state index < -0.39 is 23.8 Å². The predicted molar refractivity (Wildman–Crippen MR) is 137 cm³/mol. The summed E-state index contributed by atoms with van der Waals surface area (Å²) >= 11 is 6.06. The number of β-amino-alcohol motifs (C(OH)–C–C–N with tert-alkyl or cyclic N) is 1. The van der Waals surface area contributed by atoms with Gasteiger partial charge in [0.05, 0.1) is 11.1 Å². The number of nitrogens with zero attached hydrogens (tertiary/aromatic N) is 1. The van der Waals surface area contributed by atoms with Crippen molar-refractivity contribution in [2.75, 3.05) is 31.6 Å². The Morgan fingerprint density at radius 1 is 1.05 bits per heavy atom. The Balaban J connectivity index is 1.33. The second kappa shape index (κ2) is 12.0. The van der Waals surface area contributed by atoms with E-state index in [1.807, 2.05) is 18.2 Å². The van der Waals surface area contributed by atoms with E-state index >= 15 is 0 Å². The standard InChI is InChI=1S/C28H28ClF3N2O3/c29-22-9-10-26(25(16-22)27(36)33-23-8-4-7-21(15-23)28(30,31)32)37-18-24(35)17-34-13-11-20(12-14-34)19-5-2-1-3-6-19/h1-10,15-16,20,24,35H,11-14,17-18H2,(H,33,36). The van der Waals surface area contributed by atoms with Crippen LogP contribution in [0.5, 0.6) is 5.75 Å². The number of carbonyl (C=O) groups is 1. The number of aliphatic hydroxyl groups is 1. The maximum atomic E-state index is 13.0. The van der Waals surface area contributed by atoms with Crippen LogP contribution in [0.2, 0.25) is 5.02 Å². The first-order valence-electron chi connectivity index (χ1n) is 12.1. The molecule has 5 nitrogen and oxygen atoms in total. The molecule has 1 amide bonds. The SMILES string of the molecule is O=C(Nc1cccc(C(F)(F)F)c1)c1cc(Cl)ccc1OCC(O)CN1CCC(c2ccccc2)CC1. The third-order valence-corrected chi connectivity index (χ3v) is 6.63. The third kappa shape index (κ3) is 7.47. The van der Waals surface area contributed by atoms with Crippen LogP contribution in [0, 0.1) is 0 Å². The Kier molecular flexibility index (Phi) is 8.74. The molecule has 0 spiro atoms. The molecule has 3 aromatic carbocycles. The number of hydrogen-bond donors (Lipinski definition) is 2. The first-order chi connectivity index (χ1) is 17.7. The topological polar surface area (TPSA) is 61.8 Å². The van der Waals surface area contributed by atoms with Crippen LogP contribution < -0.4 is 10.1 Å². The van der Waals surface area contributed by atoms with Gasteiger partial charge in [0, 0.05) is 17.3 Å². The number of nitrogens with one attached hydrogen (secondary N) is 1. The third-order valence-electron chi connectivity index (χ3n) is 6.39. The van der Waals surface area contributed by atoms with Crippen LogP contribution in [-0.2, 0) is 6.18 Å². The number of alkyl halides is 3. The predicted octanol–water partition coefficient (Wildman–Crippen LogP) is 6.23. The number of anilines is 1. The normalized spacial score (nSPS) is 15.8. The number of carbonyl (C=O) groups excluding carboxylic acids is 1. The van der Waals surface area contributed by atoms with Crippen molar-refractivity contribution < 1.29 is 27.8 Å². The number of halogens is 4. The summed E-state index contributed by atoms with van der Waals surface area (Å²) in [6.07, 6.45) is -3.30. The molecule has 196 valence electrons. The number of hydrogen-bond acceptors (Lipinski definition) is 4. The molecule has 0 saturated carbocycles. The minimum Gasteiger partial charge on any atom is -0.490 e. The van der Waals surface area contributed by atoms with Gasteiger partial charge in [0.25, 0.3) is 5.91 Å². The van der Waals surface area contributed by atoms with E-state index in [1.165, 1.54) is 29.8 Å². The zero-order chi connectivity index (χ0) is 26.4. The van der Waals surface area contributed by atoms with Gasteiger partial charge >= 0.3 is 6.18 Å². The monoisotopic (exact) mass is 532 g/mol. The van der Waals surface area contributed by atoms with E-state index in [-0.39, 0.29) is 28.6 Å². The lowest BCUT2D eigenvalue weighted by atomic mass is 9.89. The number of ether oxygens (including phenoxy) is 1. The first-order valence-corrected chi connectivity index (χ1v) is 12.4. The quantitative estimate of drug-likeness (QED) is 0.361. The van der Waals surface area contributed by atoms with Crippen molar-refractivity contribution >= 4 is 23.2 Å². The maximum Gasteiger partial charge on any atom is 0.416 e. The van der Waals surface area contributed by atoms with Gasteiger partial charge in [0.2, 0.25) is 0 Å². The molecule has 9 heteroatoms. The highest BCUT2D eigenvalue weighted by Crippen LogP contribution is 2.31. The molecule has 37 heavy (non-hydrogen) atoms. The van der Waals surface area contributed by atoms with Crippen molar-refractivity contribution in [2.24, 2.45) is 0 Å². The van der Waals surface area contributed by atoms with E-state index in [0.29, 0.717) is 12.5 Å². The van der Waals surface area contributed by atoms with Gasteiger partial charge in [-0.05, 0) is 73.8 Å². The summed E-state index contributed by atoms with van der Waals surface area (Å²) in [5, 5.41) is 13.3. The Morgan fingerprint density at radius 2 is 1.78 bits per heavy atom.